The number of fused-ring (bicyclic) bond motifs is 3. The van der Waals surface area contributed by atoms with Gasteiger partial charge in [0.05, 0.1) is 5.92 Å². The Bertz CT molecular complexity index is 570. The van der Waals surface area contributed by atoms with Gasteiger partial charge < -0.3 is 10.1 Å². The average Bonchev–Trinajstić information content (AvgIpc) is 3.17. The van der Waals surface area contributed by atoms with Crippen LogP contribution in [0.25, 0.3) is 0 Å². The van der Waals surface area contributed by atoms with E-state index in [0.717, 1.165) is 29.6 Å². The Morgan fingerprint density at radius 1 is 1.27 bits per heavy atom. The van der Waals surface area contributed by atoms with E-state index < -0.39 is 0 Å². The highest BCUT2D eigenvalue weighted by Gasteiger charge is 2.42. The summed E-state index contributed by atoms with van der Waals surface area (Å²) in [5.74, 6) is 3.54. The Labute approximate surface area is 132 Å². The van der Waals surface area contributed by atoms with E-state index in [1.807, 2.05) is 18.2 Å². The fourth-order valence-corrected chi connectivity index (χ4v) is 4.85. The predicted octanol–water partition coefficient (Wildman–Crippen LogP) is 3.18. The van der Waals surface area contributed by atoms with Crippen molar-refractivity contribution < 1.29 is 9.53 Å². The molecule has 1 aliphatic heterocycles. The van der Waals surface area contributed by atoms with Crippen molar-refractivity contribution in [2.75, 3.05) is 6.61 Å². The zero-order valence-corrected chi connectivity index (χ0v) is 13.3. The molecule has 3 aliphatic rings. The van der Waals surface area contributed by atoms with Crippen LogP contribution in [0, 0.1) is 23.7 Å². The van der Waals surface area contributed by atoms with Crippen molar-refractivity contribution in [1.82, 2.24) is 5.32 Å². The molecule has 0 radical (unpaired) electrons. The van der Waals surface area contributed by atoms with Crippen LogP contribution in [0.2, 0.25) is 0 Å². The summed E-state index contributed by atoms with van der Waals surface area (Å²) in [4.78, 5) is 12.6. The second-order valence-electron chi connectivity index (χ2n) is 7.46. The van der Waals surface area contributed by atoms with Crippen LogP contribution in [0.3, 0.4) is 0 Å². The van der Waals surface area contributed by atoms with Crippen LogP contribution in [0.5, 0.6) is 5.75 Å². The van der Waals surface area contributed by atoms with Crippen LogP contribution in [0.15, 0.2) is 24.3 Å². The van der Waals surface area contributed by atoms with Gasteiger partial charge in [0.25, 0.3) is 0 Å². The average molecular weight is 299 g/mol. The van der Waals surface area contributed by atoms with E-state index in [-0.39, 0.29) is 11.8 Å². The van der Waals surface area contributed by atoms with Gasteiger partial charge in [0, 0.05) is 6.04 Å². The van der Waals surface area contributed by atoms with Crippen molar-refractivity contribution in [2.45, 2.75) is 45.1 Å². The minimum atomic E-state index is -0.0454. The molecule has 118 valence electrons. The number of para-hydroxylation sites is 1. The van der Waals surface area contributed by atoms with E-state index in [1.54, 1.807) is 0 Å². The summed E-state index contributed by atoms with van der Waals surface area (Å²) in [5, 5.41) is 3.29. The van der Waals surface area contributed by atoms with Crippen LogP contribution in [0.1, 0.15) is 38.2 Å². The third-order valence-corrected chi connectivity index (χ3v) is 6.05. The molecule has 2 bridgehead atoms. The van der Waals surface area contributed by atoms with Crippen molar-refractivity contribution in [3.63, 3.8) is 0 Å². The van der Waals surface area contributed by atoms with Crippen molar-refractivity contribution in [3.05, 3.63) is 29.8 Å². The summed E-state index contributed by atoms with van der Waals surface area (Å²) >= 11 is 0. The number of hydrogen-bond donors (Lipinski definition) is 1. The van der Waals surface area contributed by atoms with Crippen molar-refractivity contribution in [1.29, 1.82) is 0 Å². The second kappa shape index (κ2) is 5.60. The molecule has 5 atom stereocenters. The quantitative estimate of drug-likeness (QED) is 0.931. The highest BCUT2D eigenvalue weighted by molar-refractivity contribution is 5.80. The Kier molecular flexibility index (Phi) is 3.59. The molecular weight excluding hydrogens is 274 g/mol. The molecule has 2 aliphatic carbocycles. The lowest BCUT2D eigenvalue weighted by Crippen LogP contribution is -2.45. The maximum Gasteiger partial charge on any atom is 0.227 e. The SMILES string of the molecule is CC(NC(=O)C1COc2ccccc2C1)C1CC2CCC1C2. The standard InChI is InChI=1S/C19H25NO2/c1-12(17-9-13-6-7-14(17)8-13)20-19(21)16-10-15-4-2-3-5-18(15)22-11-16/h2-5,12-14,16-17H,6-11H2,1H3,(H,20,21). The van der Waals surface area contributed by atoms with Gasteiger partial charge in [-0.1, -0.05) is 24.6 Å². The fourth-order valence-electron chi connectivity index (χ4n) is 4.85. The molecule has 22 heavy (non-hydrogen) atoms. The number of carbonyl (C=O) groups is 1. The molecule has 0 aromatic heterocycles. The molecule has 0 spiro atoms. The van der Waals surface area contributed by atoms with Crippen molar-refractivity contribution >= 4 is 5.91 Å². The highest BCUT2D eigenvalue weighted by atomic mass is 16.5. The van der Waals surface area contributed by atoms with E-state index in [1.165, 1.54) is 25.7 Å². The van der Waals surface area contributed by atoms with Crippen LogP contribution in [-0.2, 0) is 11.2 Å². The van der Waals surface area contributed by atoms with E-state index >= 15 is 0 Å². The van der Waals surface area contributed by atoms with Crippen LogP contribution in [-0.4, -0.2) is 18.6 Å². The van der Waals surface area contributed by atoms with Crippen molar-refractivity contribution in [3.8, 4) is 5.75 Å². The number of rotatable bonds is 3. The molecule has 1 heterocycles. The minimum Gasteiger partial charge on any atom is -0.492 e. The smallest absolute Gasteiger partial charge is 0.227 e. The third-order valence-electron chi connectivity index (χ3n) is 6.05. The Hall–Kier alpha value is -1.51. The molecule has 1 aromatic rings. The molecule has 3 heteroatoms. The summed E-state index contributed by atoms with van der Waals surface area (Å²) < 4.78 is 5.75. The van der Waals surface area contributed by atoms with Gasteiger partial charge in [-0.05, 0) is 62.0 Å². The monoisotopic (exact) mass is 299 g/mol. The van der Waals surface area contributed by atoms with Gasteiger partial charge in [-0.15, -0.1) is 0 Å². The number of hydrogen-bond acceptors (Lipinski definition) is 2. The molecule has 5 unspecified atom stereocenters. The normalized spacial score (nSPS) is 33.9. The lowest BCUT2D eigenvalue weighted by Gasteiger charge is -2.31. The molecule has 3 nitrogen and oxygen atoms in total. The predicted molar refractivity (Wildman–Crippen MR) is 85.7 cm³/mol. The number of nitrogens with one attached hydrogen (secondary N) is 1. The lowest BCUT2D eigenvalue weighted by atomic mass is 9.83. The van der Waals surface area contributed by atoms with E-state index in [4.69, 9.17) is 4.74 Å². The first-order valence-electron chi connectivity index (χ1n) is 8.72. The number of carbonyl (C=O) groups excluding carboxylic acids is 1. The maximum atomic E-state index is 12.6. The Morgan fingerprint density at radius 2 is 2.14 bits per heavy atom. The van der Waals surface area contributed by atoms with Crippen LogP contribution >= 0.6 is 0 Å². The van der Waals surface area contributed by atoms with Gasteiger partial charge in [0.15, 0.2) is 0 Å². The summed E-state index contributed by atoms with van der Waals surface area (Å²) in [7, 11) is 0. The topological polar surface area (TPSA) is 38.3 Å². The maximum absolute atomic E-state index is 12.6. The molecule has 2 fully saturated rings. The first kappa shape index (κ1) is 14.1. The first-order valence-corrected chi connectivity index (χ1v) is 8.72. The largest absolute Gasteiger partial charge is 0.492 e. The summed E-state index contributed by atoms with van der Waals surface area (Å²) in [5.41, 5.74) is 1.15. The van der Waals surface area contributed by atoms with Crippen LogP contribution in [0.4, 0.5) is 0 Å². The molecule has 0 saturated heterocycles. The van der Waals surface area contributed by atoms with Gasteiger partial charge in [-0.25, -0.2) is 0 Å². The Balaban J connectivity index is 1.37. The minimum absolute atomic E-state index is 0.0454. The Morgan fingerprint density at radius 3 is 2.91 bits per heavy atom. The molecule has 1 amide bonds. The van der Waals surface area contributed by atoms with Gasteiger partial charge in [-0.2, -0.15) is 0 Å². The number of ether oxygens (including phenoxy) is 1. The summed E-state index contributed by atoms with van der Waals surface area (Å²) in [6, 6.07) is 8.35. The molecule has 4 rings (SSSR count). The van der Waals surface area contributed by atoms with E-state index in [9.17, 15) is 4.79 Å². The van der Waals surface area contributed by atoms with Crippen molar-refractivity contribution in [2.24, 2.45) is 23.7 Å². The first-order chi connectivity index (χ1) is 10.7. The number of amides is 1. The second-order valence-corrected chi connectivity index (χ2v) is 7.46. The molecule has 1 aromatic carbocycles. The van der Waals surface area contributed by atoms with Gasteiger partial charge in [0.1, 0.15) is 12.4 Å². The molecular formula is C19H25NO2. The van der Waals surface area contributed by atoms with Gasteiger partial charge >= 0.3 is 0 Å². The van der Waals surface area contributed by atoms with Gasteiger partial charge in [-0.3, -0.25) is 4.79 Å². The summed E-state index contributed by atoms with van der Waals surface area (Å²) in [6.45, 7) is 2.70. The molecule has 1 N–H and O–H groups in total. The fraction of sp³-hybridized carbons (Fsp3) is 0.632. The van der Waals surface area contributed by atoms with Crippen LogP contribution < -0.4 is 10.1 Å². The third kappa shape index (κ3) is 2.51. The lowest BCUT2D eigenvalue weighted by molar-refractivity contribution is -0.127. The summed E-state index contributed by atoms with van der Waals surface area (Å²) in [6.07, 6.45) is 6.29. The zero-order valence-electron chi connectivity index (χ0n) is 13.3. The van der Waals surface area contributed by atoms with E-state index in [0.29, 0.717) is 18.6 Å². The zero-order chi connectivity index (χ0) is 15.1. The molecule has 2 saturated carbocycles. The van der Waals surface area contributed by atoms with E-state index in [2.05, 4.69) is 18.3 Å². The number of benzene rings is 1. The van der Waals surface area contributed by atoms with Gasteiger partial charge in [0.2, 0.25) is 5.91 Å². The highest BCUT2D eigenvalue weighted by Crippen LogP contribution is 2.49.